The van der Waals surface area contributed by atoms with Crippen LogP contribution in [0.15, 0.2) is 47.4 Å². The second-order valence-corrected chi connectivity index (χ2v) is 6.97. The topological polar surface area (TPSA) is 21.3 Å². The Kier molecular flexibility index (Phi) is 4.65. The van der Waals surface area contributed by atoms with Gasteiger partial charge < -0.3 is 10.1 Å². The van der Waals surface area contributed by atoms with Crippen LogP contribution in [0.4, 0.5) is 0 Å². The minimum Gasteiger partial charge on any atom is -0.492 e. The Hall–Kier alpha value is -0.870. The molecule has 0 saturated heterocycles. The van der Waals surface area contributed by atoms with Crippen LogP contribution in [-0.2, 0) is 0 Å². The molecule has 1 aliphatic heterocycles. The van der Waals surface area contributed by atoms with Crippen LogP contribution in [0.2, 0.25) is 10.0 Å². The second kappa shape index (κ2) is 6.49. The predicted octanol–water partition coefficient (Wildman–Crippen LogP) is 4.81. The zero-order chi connectivity index (χ0) is 14.8. The van der Waals surface area contributed by atoms with Crippen molar-refractivity contribution in [1.82, 2.24) is 5.32 Å². The van der Waals surface area contributed by atoms with Gasteiger partial charge in [-0.15, -0.1) is 11.8 Å². The summed E-state index contributed by atoms with van der Waals surface area (Å²) >= 11 is 14.0. The molecule has 2 aromatic rings. The van der Waals surface area contributed by atoms with Gasteiger partial charge in [-0.3, -0.25) is 0 Å². The van der Waals surface area contributed by atoms with Crippen molar-refractivity contribution in [2.24, 2.45) is 0 Å². The largest absolute Gasteiger partial charge is 0.492 e. The number of hydrogen-bond acceptors (Lipinski definition) is 3. The Morgan fingerprint density at radius 2 is 2.00 bits per heavy atom. The fourth-order valence-electron chi connectivity index (χ4n) is 2.51. The van der Waals surface area contributed by atoms with E-state index in [1.165, 1.54) is 5.56 Å². The van der Waals surface area contributed by atoms with Crippen molar-refractivity contribution in [3.05, 3.63) is 58.1 Å². The van der Waals surface area contributed by atoms with Crippen LogP contribution in [-0.4, -0.2) is 18.9 Å². The molecule has 3 rings (SSSR count). The molecule has 1 aliphatic rings. The van der Waals surface area contributed by atoms with Crippen LogP contribution in [0.1, 0.15) is 11.6 Å². The summed E-state index contributed by atoms with van der Waals surface area (Å²) in [7, 11) is 1.97. The highest BCUT2D eigenvalue weighted by molar-refractivity contribution is 8.00. The molecule has 0 bridgehead atoms. The van der Waals surface area contributed by atoms with Crippen LogP contribution >= 0.6 is 35.0 Å². The van der Waals surface area contributed by atoms with Crippen LogP contribution in [0.5, 0.6) is 5.75 Å². The number of benzene rings is 2. The molecular formula is C16H15Cl2NOS. The summed E-state index contributed by atoms with van der Waals surface area (Å²) < 4.78 is 5.87. The molecule has 0 spiro atoms. The lowest BCUT2D eigenvalue weighted by molar-refractivity contribution is 0.265. The van der Waals surface area contributed by atoms with E-state index in [0.717, 1.165) is 15.7 Å². The third-order valence-electron chi connectivity index (χ3n) is 3.51. The summed E-state index contributed by atoms with van der Waals surface area (Å²) in [5.41, 5.74) is 1.18. The lowest BCUT2D eigenvalue weighted by Crippen LogP contribution is -2.35. The van der Waals surface area contributed by atoms with E-state index in [9.17, 15) is 0 Å². The number of ether oxygens (including phenoxy) is 1. The van der Waals surface area contributed by atoms with E-state index in [-0.39, 0.29) is 11.3 Å². The van der Waals surface area contributed by atoms with E-state index in [1.807, 2.05) is 37.4 Å². The summed E-state index contributed by atoms with van der Waals surface area (Å²) in [6, 6.07) is 13.9. The highest BCUT2D eigenvalue weighted by Gasteiger charge is 2.30. The second-order valence-electron chi connectivity index (χ2n) is 4.85. The molecule has 110 valence electrons. The van der Waals surface area contributed by atoms with E-state index in [4.69, 9.17) is 27.9 Å². The van der Waals surface area contributed by atoms with Crippen molar-refractivity contribution < 1.29 is 4.74 Å². The molecule has 0 amide bonds. The minimum atomic E-state index is 0.218. The van der Waals surface area contributed by atoms with E-state index >= 15 is 0 Å². The Labute approximate surface area is 138 Å². The van der Waals surface area contributed by atoms with Crippen molar-refractivity contribution in [3.8, 4) is 5.75 Å². The highest BCUT2D eigenvalue weighted by atomic mass is 35.5. The lowest BCUT2D eigenvalue weighted by Gasteiger charge is -2.33. The highest BCUT2D eigenvalue weighted by Crippen LogP contribution is 2.42. The average molecular weight is 340 g/mol. The summed E-state index contributed by atoms with van der Waals surface area (Å²) in [6.45, 7) is 0.635. The maximum absolute atomic E-state index is 6.27. The van der Waals surface area contributed by atoms with Crippen molar-refractivity contribution in [3.63, 3.8) is 0 Å². The zero-order valence-corrected chi connectivity index (χ0v) is 13.8. The maximum atomic E-state index is 6.27. The van der Waals surface area contributed by atoms with Gasteiger partial charge in [0.2, 0.25) is 0 Å². The Bertz CT molecular complexity index is 650. The number of nitrogens with one attached hydrogen (secondary N) is 1. The molecule has 2 unspecified atom stereocenters. The van der Waals surface area contributed by atoms with Crippen molar-refractivity contribution >= 4 is 35.0 Å². The summed E-state index contributed by atoms with van der Waals surface area (Å²) in [4.78, 5) is 0.984. The summed E-state index contributed by atoms with van der Waals surface area (Å²) in [5.74, 6) is 0.950. The molecular weight excluding hydrogens is 325 g/mol. The van der Waals surface area contributed by atoms with E-state index < -0.39 is 0 Å². The first-order valence-corrected chi connectivity index (χ1v) is 8.33. The van der Waals surface area contributed by atoms with Crippen LogP contribution < -0.4 is 10.1 Å². The molecule has 0 aliphatic carbocycles. The minimum absolute atomic E-state index is 0.218. The Morgan fingerprint density at radius 3 is 2.81 bits per heavy atom. The van der Waals surface area contributed by atoms with Gasteiger partial charge in [-0.2, -0.15) is 0 Å². The standard InChI is InChI=1S/C16H15Cl2NOS/c1-19-16-11-4-2-3-5-13(11)20-9-15(16)21-14-8-10(17)6-7-12(14)18/h2-8,15-16,19H,9H2,1H3. The van der Waals surface area contributed by atoms with Gasteiger partial charge in [-0.1, -0.05) is 41.4 Å². The molecule has 2 nitrogen and oxygen atoms in total. The van der Waals surface area contributed by atoms with Crippen LogP contribution in [0, 0.1) is 0 Å². The van der Waals surface area contributed by atoms with Crippen molar-refractivity contribution in [1.29, 1.82) is 0 Å². The number of rotatable bonds is 3. The van der Waals surface area contributed by atoms with Crippen LogP contribution in [0.3, 0.4) is 0 Å². The Balaban J connectivity index is 1.88. The molecule has 2 aromatic carbocycles. The van der Waals surface area contributed by atoms with Gasteiger partial charge in [0.1, 0.15) is 12.4 Å². The summed E-state index contributed by atoms with van der Waals surface area (Å²) in [5, 5.41) is 5.04. The fourth-order valence-corrected chi connectivity index (χ4v) is 4.26. The third kappa shape index (κ3) is 3.16. The number of fused-ring (bicyclic) bond motifs is 1. The molecule has 21 heavy (non-hydrogen) atoms. The van der Waals surface area contributed by atoms with Gasteiger partial charge in [0.15, 0.2) is 0 Å². The number of thioether (sulfide) groups is 1. The van der Waals surface area contributed by atoms with Gasteiger partial charge >= 0.3 is 0 Å². The zero-order valence-electron chi connectivity index (χ0n) is 11.5. The predicted molar refractivity (Wildman–Crippen MR) is 89.8 cm³/mol. The van der Waals surface area contributed by atoms with E-state index in [0.29, 0.717) is 11.6 Å². The number of halogens is 2. The molecule has 0 fully saturated rings. The smallest absolute Gasteiger partial charge is 0.124 e. The molecule has 0 radical (unpaired) electrons. The van der Waals surface area contributed by atoms with Crippen molar-refractivity contribution in [2.45, 2.75) is 16.2 Å². The summed E-state index contributed by atoms with van der Waals surface area (Å²) in [6.07, 6.45) is 0. The first kappa shape index (κ1) is 15.0. The molecule has 0 aromatic heterocycles. The van der Waals surface area contributed by atoms with E-state index in [1.54, 1.807) is 17.8 Å². The van der Waals surface area contributed by atoms with Gasteiger partial charge in [0, 0.05) is 15.5 Å². The van der Waals surface area contributed by atoms with Gasteiger partial charge in [-0.25, -0.2) is 0 Å². The third-order valence-corrected chi connectivity index (χ3v) is 5.49. The molecule has 1 heterocycles. The number of para-hydroxylation sites is 1. The monoisotopic (exact) mass is 339 g/mol. The average Bonchev–Trinajstić information content (AvgIpc) is 2.50. The molecule has 1 N–H and O–H groups in total. The van der Waals surface area contributed by atoms with Gasteiger partial charge in [-0.05, 0) is 31.3 Å². The Morgan fingerprint density at radius 1 is 1.19 bits per heavy atom. The molecule has 5 heteroatoms. The quantitative estimate of drug-likeness (QED) is 0.867. The van der Waals surface area contributed by atoms with Gasteiger partial charge in [0.05, 0.1) is 16.3 Å². The van der Waals surface area contributed by atoms with Crippen molar-refractivity contribution in [2.75, 3.05) is 13.7 Å². The number of hydrogen-bond donors (Lipinski definition) is 1. The molecule has 0 saturated carbocycles. The lowest BCUT2D eigenvalue weighted by atomic mass is 10.0. The maximum Gasteiger partial charge on any atom is 0.124 e. The van der Waals surface area contributed by atoms with Gasteiger partial charge in [0.25, 0.3) is 0 Å². The normalized spacial score (nSPS) is 20.7. The SMILES string of the molecule is CNC1c2ccccc2OCC1Sc1cc(Cl)ccc1Cl. The van der Waals surface area contributed by atoms with E-state index in [2.05, 4.69) is 11.4 Å². The molecule has 2 atom stereocenters. The first-order valence-electron chi connectivity index (χ1n) is 6.69. The fraction of sp³-hybridized carbons (Fsp3) is 0.250. The van der Waals surface area contributed by atoms with Crippen LogP contribution in [0.25, 0.3) is 0 Å². The first-order chi connectivity index (χ1) is 10.2.